The van der Waals surface area contributed by atoms with E-state index in [0.717, 1.165) is 36.8 Å². The number of hydrogen-bond donors (Lipinski definition) is 1. The third-order valence-electron chi connectivity index (χ3n) is 6.30. The Hall–Kier alpha value is -2.15. The van der Waals surface area contributed by atoms with Crippen molar-refractivity contribution in [1.29, 1.82) is 0 Å². The van der Waals surface area contributed by atoms with E-state index in [4.69, 9.17) is 4.98 Å². The van der Waals surface area contributed by atoms with Gasteiger partial charge in [0.2, 0.25) is 0 Å². The molecular weight excluding hydrogens is 378 g/mol. The van der Waals surface area contributed by atoms with Crippen LogP contribution in [0, 0.1) is 12.8 Å². The molecule has 3 saturated heterocycles. The van der Waals surface area contributed by atoms with Gasteiger partial charge in [-0.15, -0.1) is 11.3 Å². The van der Waals surface area contributed by atoms with E-state index in [2.05, 4.69) is 55.9 Å². The summed E-state index contributed by atoms with van der Waals surface area (Å²) in [5.41, 5.74) is 3.42. The summed E-state index contributed by atoms with van der Waals surface area (Å²) in [6.07, 6.45) is 4.39. The lowest BCUT2D eigenvalue weighted by molar-refractivity contribution is 0.0292. The minimum atomic E-state index is 0.524. The summed E-state index contributed by atoms with van der Waals surface area (Å²) in [6, 6.07) is 13.2. The molecule has 6 rings (SSSR count). The second-order valence-electron chi connectivity index (χ2n) is 8.19. The molecule has 3 aromatic rings. The summed E-state index contributed by atoms with van der Waals surface area (Å²) in [7, 11) is 0. The minimum absolute atomic E-state index is 0.524. The Morgan fingerprint density at radius 3 is 2.93 bits per heavy atom. The molecule has 1 unspecified atom stereocenters. The first-order valence-electron chi connectivity index (χ1n) is 10.5. The predicted molar refractivity (Wildman–Crippen MR) is 117 cm³/mol. The van der Waals surface area contributed by atoms with Gasteiger partial charge in [-0.25, -0.2) is 9.97 Å². The topological polar surface area (TPSA) is 53.9 Å². The third-order valence-corrected chi connectivity index (χ3v) is 7.19. The summed E-state index contributed by atoms with van der Waals surface area (Å²) in [5, 5.41) is 5.73. The molecule has 3 aromatic heterocycles. The van der Waals surface area contributed by atoms with Crippen molar-refractivity contribution in [2.75, 3.05) is 19.6 Å². The molecule has 29 heavy (non-hydrogen) atoms. The van der Waals surface area contributed by atoms with Gasteiger partial charge in [0.1, 0.15) is 5.82 Å². The molecule has 3 fully saturated rings. The van der Waals surface area contributed by atoms with E-state index >= 15 is 0 Å². The Morgan fingerprint density at radius 2 is 2.17 bits per heavy atom. The van der Waals surface area contributed by atoms with Crippen molar-refractivity contribution in [3.05, 3.63) is 65.2 Å². The highest BCUT2D eigenvalue weighted by Gasteiger charge is 2.41. The molecule has 4 atom stereocenters. The van der Waals surface area contributed by atoms with E-state index in [9.17, 15) is 0 Å². The third kappa shape index (κ3) is 4.10. The lowest BCUT2D eigenvalue weighted by atomic mass is 9.74. The number of nitrogens with one attached hydrogen (secondary N) is 1. The zero-order chi connectivity index (χ0) is 19.6. The molecule has 3 aliphatic heterocycles. The second-order valence-corrected chi connectivity index (χ2v) is 9.14. The maximum atomic E-state index is 4.86. The van der Waals surface area contributed by atoms with Gasteiger partial charge < -0.3 is 5.32 Å². The lowest BCUT2D eigenvalue weighted by Crippen LogP contribution is -2.55. The van der Waals surface area contributed by atoms with Crippen LogP contribution < -0.4 is 5.32 Å². The minimum Gasteiger partial charge on any atom is -0.310 e. The second kappa shape index (κ2) is 8.30. The highest BCUT2D eigenvalue weighted by molar-refractivity contribution is 7.13. The van der Waals surface area contributed by atoms with E-state index in [1.54, 1.807) is 11.3 Å². The van der Waals surface area contributed by atoms with Gasteiger partial charge in [-0.2, -0.15) is 0 Å². The van der Waals surface area contributed by atoms with Crippen molar-refractivity contribution < 1.29 is 0 Å². The predicted octanol–water partition coefficient (Wildman–Crippen LogP) is 3.88. The lowest BCUT2D eigenvalue weighted by Gasteiger charge is -2.50. The van der Waals surface area contributed by atoms with Gasteiger partial charge in [-0.05, 0) is 61.9 Å². The molecule has 0 aromatic carbocycles. The first-order valence-corrected chi connectivity index (χ1v) is 11.4. The van der Waals surface area contributed by atoms with Gasteiger partial charge in [0.05, 0.1) is 16.3 Å². The van der Waals surface area contributed by atoms with Crippen LogP contribution in [0.25, 0.3) is 10.6 Å². The average molecular weight is 406 g/mol. The fraction of sp³-hybridized carbons (Fsp3) is 0.435. The van der Waals surface area contributed by atoms with E-state index in [0.29, 0.717) is 17.9 Å². The fourth-order valence-electron chi connectivity index (χ4n) is 4.89. The van der Waals surface area contributed by atoms with E-state index in [1.807, 2.05) is 19.2 Å². The Morgan fingerprint density at radius 1 is 1.21 bits per heavy atom. The molecule has 150 valence electrons. The molecule has 0 radical (unpaired) electrons. The monoisotopic (exact) mass is 405 g/mol. The van der Waals surface area contributed by atoms with Crippen molar-refractivity contribution in [3.8, 4) is 10.6 Å². The SMILES string of the molecule is Cc1nc(-c2cccs2)cc([C@H]2CN3CC[C@H]2C[C@@H]3CNCc2ccccn2)n1. The van der Waals surface area contributed by atoms with Crippen molar-refractivity contribution in [1.82, 2.24) is 25.2 Å². The Kier molecular flexibility index (Phi) is 5.40. The highest BCUT2D eigenvalue weighted by Crippen LogP contribution is 2.41. The van der Waals surface area contributed by atoms with Crippen LogP contribution in [0.4, 0.5) is 0 Å². The molecule has 6 heteroatoms. The van der Waals surface area contributed by atoms with Crippen molar-refractivity contribution in [2.45, 2.75) is 38.3 Å². The molecular formula is C23H27N5S. The summed E-state index contributed by atoms with van der Waals surface area (Å²) in [6.45, 7) is 6.21. The number of thiophene rings is 1. The molecule has 2 bridgehead atoms. The summed E-state index contributed by atoms with van der Waals surface area (Å²) in [4.78, 5) is 17.8. The normalized spacial score (nSPS) is 26.0. The van der Waals surface area contributed by atoms with Gasteiger partial charge in [0.25, 0.3) is 0 Å². The van der Waals surface area contributed by atoms with Gasteiger partial charge in [0, 0.05) is 43.5 Å². The van der Waals surface area contributed by atoms with Crippen LogP contribution in [0.1, 0.15) is 36.0 Å². The number of nitrogens with zero attached hydrogens (tertiary/aromatic N) is 4. The van der Waals surface area contributed by atoms with Crippen LogP contribution in [-0.2, 0) is 6.54 Å². The zero-order valence-electron chi connectivity index (χ0n) is 16.8. The van der Waals surface area contributed by atoms with Crippen molar-refractivity contribution in [2.24, 2.45) is 5.92 Å². The van der Waals surface area contributed by atoms with Crippen molar-refractivity contribution >= 4 is 11.3 Å². The molecule has 3 aliphatic rings. The maximum absolute atomic E-state index is 4.86. The zero-order valence-corrected chi connectivity index (χ0v) is 17.6. The molecule has 6 heterocycles. The first-order chi connectivity index (χ1) is 14.3. The van der Waals surface area contributed by atoms with E-state index in [-0.39, 0.29) is 0 Å². The summed E-state index contributed by atoms with van der Waals surface area (Å²) in [5.74, 6) is 2.12. The van der Waals surface area contributed by atoms with E-state index < -0.39 is 0 Å². The molecule has 5 nitrogen and oxygen atoms in total. The Labute approximate surface area is 176 Å². The van der Waals surface area contributed by atoms with Gasteiger partial charge in [-0.1, -0.05) is 12.1 Å². The number of rotatable bonds is 6. The van der Waals surface area contributed by atoms with Crippen LogP contribution >= 0.6 is 11.3 Å². The maximum Gasteiger partial charge on any atom is 0.126 e. The number of pyridine rings is 1. The van der Waals surface area contributed by atoms with E-state index in [1.165, 1.54) is 30.0 Å². The van der Waals surface area contributed by atoms with Crippen LogP contribution in [0.5, 0.6) is 0 Å². The Bertz CT molecular complexity index is 943. The summed E-state index contributed by atoms with van der Waals surface area (Å²) >= 11 is 1.75. The number of aryl methyl sites for hydroxylation is 1. The van der Waals surface area contributed by atoms with Crippen LogP contribution in [0.3, 0.4) is 0 Å². The van der Waals surface area contributed by atoms with Crippen LogP contribution in [0.15, 0.2) is 48.0 Å². The molecule has 0 saturated carbocycles. The van der Waals surface area contributed by atoms with Gasteiger partial charge in [0.15, 0.2) is 0 Å². The standard InChI is InChI=1S/C23H27N5S/c1-16-26-21(12-22(27-16)23-6-4-10-29-23)20-15-28-9-7-17(20)11-19(28)14-24-13-18-5-2-3-8-25-18/h2-6,8,10,12,17,19-20,24H,7,9,11,13-15H2,1H3/t17-,19+,20-/m0/s1. The fourth-order valence-corrected chi connectivity index (χ4v) is 5.57. The van der Waals surface area contributed by atoms with Crippen LogP contribution in [0.2, 0.25) is 0 Å². The smallest absolute Gasteiger partial charge is 0.126 e. The quantitative estimate of drug-likeness (QED) is 0.675. The molecule has 0 amide bonds. The summed E-state index contributed by atoms with van der Waals surface area (Å²) < 4.78 is 0. The van der Waals surface area contributed by atoms with Gasteiger partial charge in [-0.3, -0.25) is 9.88 Å². The first kappa shape index (κ1) is 18.9. The van der Waals surface area contributed by atoms with Crippen molar-refractivity contribution in [3.63, 3.8) is 0 Å². The largest absolute Gasteiger partial charge is 0.310 e. The number of hydrogen-bond acceptors (Lipinski definition) is 6. The molecule has 1 N–H and O–H groups in total. The van der Waals surface area contributed by atoms with Gasteiger partial charge >= 0.3 is 0 Å². The highest BCUT2D eigenvalue weighted by atomic mass is 32.1. The Balaban J connectivity index is 1.26. The van der Waals surface area contributed by atoms with Crippen LogP contribution in [-0.4, -0.2) is 45.5 Å². The molecule has 0 spiro atoms. The molecule has 0 aliphatic carbocycles. The number of aromatic nitrogens is 3. The average Bonchev–Trinajstić information content (AvgIpc) is 3.30. The number of fused-ring (bicyclic) bond motifs is 3. The number of piperidine rings is 3.